The Bertz CT molecular complexity index is 746. The average molecular weight is 452 g/mol. The molecule has 1 aliphatic rings. The van der Waals surface area contributed by atoms with Crippen LogP contribution in [0.3, 0.4) is 0 Å². The van der Waals surface area contributed by atoms with Gasteiger partial charge in [-0.3, -0.25) is 22.8 Å². The molecule has 1 aliphatic carbocycles. The SMILES string of the molecule is CC/C=C(\NC(=O)C1CC[CH-]CC1)SC(C)=C(C)C.[CH2-]c1c(C)cccc1[C-]=O.[K+]. The average Bonchev–Trinajstić information content (AvgIpc) is 2.71. The molecular formula is C25H34KNO2S-2. The number of aryl methyl sites for hydroxylation is 1. The van der Waals surface area contributed by atoms with Gasteiger partial charge in [0.15, 0.2) is 0 Å². The standard InChI is InChI=1S/C16H26NOS.C9H8O.K/c1-5-9-15(19-13(4)12(2)3)17-16(18)14-10-7-6-8-11-14;1-7-4-3-5-9(6-10)8(7)2;/h6,9,14H,5,7-8,10-11H2,1-4H3,(H,17,18);3-5H,2H2,1H3;/q-1;-2;+1/b15-9+;;. The first-order valence-electron chi connectivity index (χ1n) is 10.2. The zero-order valence-electron chi connectivity index (χ0n) is 19.4. The molecule has 30 heavy (non-hydrogen) atoms. The van der Waals surface area contributed by atoms with E-state index in [1.807, 2.05) is 25.3 Å². The van der Waals surface area contributed by atoms with Gasteiger partial charge in [0.05, 0.1) is 5.03 Å². The molecule has 1 saturated carbocycles. The van der Waals surface area contributed by atoms with Crippen molar-refractivity contribution < 1.29 is 61.0 Å². The maximum atomic E-state index is 12.2. The Morgan fingerprint density at radius 1 is 1.30 bits per heavy atom. The molecule has 0 unspecified atom stereocenters. The fraction of sp³-hybridized carbons (Fsp3) is 0.440. The zero-order chi connectivity index (χ0) is 21.8. The van der Waals surface area contributed by atoms with Crippen molar-refractivity contribution in [3.63, 3.8) is 0 Å². The summed E-state index contributed by atoms with van der Waals surface area (Å²) in [5, 5.41) is 4.10. The van der Waals surface area contributed by atoms with Crippen molar-refractivity contribution in [3.8, 4) is 0 Å². The number of hydrogen-bond acceptors (Lipinski definition) is 3. The van der Waals surface area contributed by atoms with Gasteiger partial charge in [-0.15, -0.1) is 12.1 Å². The monoisotopic (exact) mass is 451 g/mol. The van der Waals surface area contributed by atoms with Crippen molar-refractivity contribution in [1.29, 1.82) is 0 Å². The molecule has 0 radical (unpaired) electrons. The number of amides is 1. The van der Waals surface area contributed by atoms with Crippen LogP contribution < -0.4 is 56.7 Å². The van der Waals surface area contributed by atoms with E-state index < -0.39 is 0 Å². The van der Waals surface area contributed by atoms with E-state index in [0.717, 1.165) is 48.3 Å². The van der Waals surface area contributed by atoms with Gasteiger partial charge in [0.2, 0.25) is 5.91 Å². The van der Waals surface area contributed by atoms with Crippen LogP contribution in [0.4, 0.5) is 0 Å². The number of benzene rings is 1. The van der Waals surface area contributed by atoms with Crippen LogP contribution in [0, 0.1) is 26.2 Å². The van der Waals surface area contributed by atoms with Crippen molar-refractivity contribution in [1.82, 2.24) is 5.32 Å². The van der Waals surface area contributed by atoms with Crippen molar-refractivity contribution in [2.45, 2.75) is 66.7 Å². The summed E-state index contributed by atoms with van der Waals surface area (Å²) < 4.78 is 0. The topological polar surface area (TPSA) is 46.2 Å². The third-order valence-electron chi connectivity index (χ3n) is 4.93. The van der Waals surface area contributed by atoms with Crippen LogP contribution in [-0.4, -0.2) is 12.2 Å². The van der Waals surface area contributed by atoms with Gasteiger partial charge >= 0.3 is 51.4 Å². The molecule has 0 atom stereocenters. The van der Waals surface area contributed by atoms with Gasteiger partial charge in [-0.2, -0.15) is 12.8 Å². The van der Waals surface area contributed by atoms with E-state index >= 15 is 0 Å². The van der Waals surface area contributed by atoms with Gasteiger partial charge in [0, 0.05) is 5.92 Å². The molecule has 2 rings (SSSR count). The van der Waals surface area contributed by atoms with E-state index in [2.05, 4.69) is 52.4 Å². The summed E-state index contributed by atoms with van der Waals surface area (Å²) in [5.41, 5.74) is 3.66. The van der Waals surface area contributed by atoms with Crippen LogP contribution >= 0.6 is 11.8 Å². The van der Waals surface area contributed by atoms with Crippen LogP contribution in [0.5, 0.6) is 0 Å². The Balaban J connectivity index is 0.000000646. The summed E-state index contributed by atoms with van der Waals surface area (Å²) in [4.78, 5) is 23.7. The first kappa shape index (κ1) is 29.7. The molecule has 1 N–H and O–H groups in total. The molecule has 0 heterocycles. The Morgan fingerprint density at radius 2 is 1.93 bits per heavy atom. The van der Waals surface area contributed by atoms with Crippen LogP contribution in [0.15, 0.2) is 39.8 Å². The van der Waals surface area contributed by atoms with Crippen molar-refractivity contribution in [2.75, 3.05) is 0 Å². The largest absolute Gasteiger partial charge is 1.00 e. The molecule has 1 amide bonds. The number of thioether (sulfide) groups is 1. The number of nitrogens with one attached hydrogen (secondary N) is 1. The fourth-order valence-electron chi connectivity index (χ4n) is 2.78. The van der Waals surface area contributed by atoms with Crippen LogP contribution in [0.2, 0.25) is 0 Å². The van der Waals surface area contributed by atoms with E-state index in [1.54, 1.807) is 17.8 Å². The number of carbonyl (C=O) groups excluding carboxylic acids is 2. The Kier molecular flexibility index (Phi) is 16.2. The summed E-state index contributed by atoms with van der Waals surface area (Å²) in [5.74, 6) is 0.389. The van der Waals surface area contributed by atoms with Crippen molar-refractivity contribution in [3.05, 3.63) is 69.8 Å². The zero-order valence-corrected chi connectivity index (χ0v) is 23.4. The molecule has 1 fully saturated rings. The normalized spacial score (nSPS) is 14.0. The predicted molar refractivity (Wildman–Crippen MR) is 125 cm³/mol. The second kappa shape index (κ2) is 16.3. The molecule has 5 heteroatoms. The minimum absolute atomic E-state index is 0. The molecule has 0 bridgehead atoms. The fourth-order valence-corrected chi connectivity index (χ4v) is 3.72. The first-order chi connectivity index (χ1) is 13.8. The van der Waals surface area contributed by atoms with Gasteiger partial charge in [0.1, 0.15) is 0 Å². The maximum absolute atomic E-state index is 12.2. The molecule has 160 valence electrons. The number of rotatable bonds is 6. The van der Waals surface area contributed by atoms with Crippen molar-refractivity contribution >= 4 is 24.0 Å². The maximum Gasteiger partial charge on any atom is 1.00 e. The molecule has 3 nitrogen and oxygen atoms in total. The van der Waals surface area contributed by atoms with Gasteiger partial charge in [-0.05, 0) is 38.4 Å². The number of carbonyl (C=O) groups is 1. The first-order valence-corrected chi connectivity index (χ1v) is 11.1. The third kappa shape index (κ3) is 10.8. The van der Waals surface area contributed by atoms with Crippen LogP contribution in [0.1, 0.15) is 76.5 Å². The van der Waals surface area contributed by atoms with E-state index in [-0.39, 0.29) is 63.2 Å². The Labute approximate surface area is 230 Å². The van der Waals surface area contributed by atoms with E-state index in [1.165, 1.54) is 10.5 Å². The summed E-state index contributed by atoms with van der Waals surface area (Å²) in [7, 11) is 0. The third-order valence-corrected chi connectivity index (χ3v) is 6.14. The molecule has 0 aromatic heterocycles. The summed E-state index contributed by atoms with van der Waals surface area (Å²) in [6, 6.07) is 5.45. The van der Waals surface area contributed by atoms with E-state index in [0.29, 0.717) is 5.56 Å². The minimum Gasteiger partial charge on any atom is -0.391 e. The summed E-state index contributed by atoms with van der Waals surface area (Å²) in [6.45, 7) is 14.1. The van der Waals surface area contributed by atoms with Crippen LogP contribution in [0.25, 0.3) is 0 Å². The second-order valence-corrected chi connectivity index (χ2v) is 8.72. The number of hydrogen-bond donors (Lipinski definition) is 1. The van der Waals surface area contributed by atoms with Gasteiger partial charge < -0.3 is 16.5 Å². The molecule has 0 spiro atoms. The molecule has 0 saturated heterocycles. The Morgan fingerprint density at radius 3 is 2.43 bits per heavy atom. The smallest absolute Gasteiger partial charge is 0.391 e. The molecular weight excluding hydrogens is 417 g/mol. The Hall–Kier alpha value is -0.304. The molecule has 1 aromatic carbocycles. The van der Waals surface area contributed by atoms with E-state index in [9.17, 15) is 9.59 Å². The molecule has 1 aromatic rings. The quantitative estimate of drug-likeness (QED) is 0.532. The van der Waals surface area contributed by atoms with Gasteiger partial charge in [-0.25, -0.2) is 11.6 Å². The minimum atomic E-state index is 0. The van der Waals surface area contributed by atoms with Crippen molar-refractivity contribution in [2.24, 2.45) is 5.92 Å². The van der Waals surface area contributed by atoms with Gasteiger partial charge in [-0.1, -0.05) is 50.1 Å². The van der Waals surface area contributed by atoms with E-state index in [4.69, 9.17) is 0 Å². The van der Waals surface area contributed by atoms with Crippen LogP contribution in [-0.2, 0) is 9.59 Å². The molecule has 0 aliphatic heterocycles. The van der Waals surface area contributed by atoms with Gasteiger partial charge in [0.25, 0.3) is 0 Å². The summed E-state index contributed by atoms with van der Waals surface area (Å²) >= 11 is 1.67. The summed E-state index contributed by atoms with van der Waals surface area (Å²) in [6.07, 6.45) is 11.3. The number of allylic oxidation sites excluding steroid dienone is 3. The predicted octanol–water partition coefficient (Wildman–Crippen LogP) is 3.43. The second-order valence-electron chi connectivity index (χ2n) is 7.47.